The molecule has 3 unspecified atom stereocenters. The maximum Gasteiger partial charge on any atom is 0.339 e. The van der Waals surface area contributed by atoms with E-state index in [1.165, 1.54) is 7.11 Å². The Bertz CT molecular complexity index is 1100. The van der Waals surface area contributed by atoms with Crippen LogP contribution in [-0.4, -0.2) is 73.3 Å². The van der Waals surface area contributed by atoms with Gasteiger partial charge in [-0.15, -0.1) is 0 Å². The zero-order chi connectivity index (χ0) is 26.4. The summed E-state index contributed by atoms with van der Waals surface area (Å²) in [5.74, 6) is 0.431. The lowest BCUT2D eigenvalue weighted by Gasteiger charge is -2.39. The van der Waals surface area contributed by atoms with Gasteiger partial charge in [-0.25, -0.2) is 4.79 Å². The van der Waals surface area contributed by atoms with Gasteiger partial charge in [0.05, 0.1) is 32.1 Å². The van der Waals surface area contributed by atoms with Crippen molar-refractivity contribution in [2.75, 3.05) is 34.1 Å². The highest BCUT2D eigenvalue weighted by atomic mass is 16.7. The summed E-state index contributed by atoms with van der Waals surface area (Å²) in [5, 5.41) is 11.4. The Morgan fingerprint density at radius 1 is 1.22 bits per heavy atom. The summed E-state index contributed by atoms with van der Waals surface area (Å²) in [5.41, 5.74) is -0.217. The highest BCUT2D eigenvalue weighted by Gasteiger charge is 2.59. The molecule has 9 nitrogen and oxygen atoms in total. The molecular weight excluding hydrogens is 478 g/mol. The fourth-order valence-corrected chi connectivity index (χ4v) is 6.42. The first-order valence-corrected chi connectivity index (χ1v) is 13.2. The number of fused-ring (bicyclic) bond motifs is 3. The number of nitrogens with zero attached hydrogens (tertiary/aromatic N) is 1. The lowest BCUT2D eigenvalue weighted by molar-refractivity contribution is -0.178. The van der Waals surface area contributed by atoms with Crippen LogP contribution >= 0.6 is 0 Å². The predicted molar refractivity (Wildman–Crippen MR) is 133 cm³/mol. The van der Waals surface area contributed by atoms with Gasteiger partial charge in [-0.05, 0) is 73.9 Å². The summed E-state index contributed by atoms with van der Waals surface area (Å²) in [6.45, 7) is 5.97. The molecule has 9 heteroatoms. The first kappa shape index (κ1) is 25.9. The summed E-state index contributed by atoms with van der Waals surface area (Å²) >= 11 is 0. The Hall–Kier alpha value is -2.78. The molecule has 3 aliphatic heterocycles. The minimum Gasteiger partial charge on any atom is -0.497 e. The van der Waals surface area contributed by atoms with Gasteiger partial charge in [0.1, 0.15) is 5.76 Å². The molecule has 5 rings (SSSR count). The van der Waals surface area contributed by atoms with E-state index in [0.717, 1.165) is 49.2 Å². The number of ether oxygens (including phenoxy) is 5. The second-order valence-corrected chi connectivity index (χ2v) is 11.0. The molecule has 1 aromatic carbocycles. The fraction of sp³-hybridized carbons (Fsp3) is 0.643. The monoisotopic (exact) mass is 515 g/mol. The summed E-state index contributed by atoms with van der Waals surface area (Å²) < 4.78 is 28.1. The minimum absolute atomic E-state index is 0.0918. The number of methoxy groups -OCH3 is 2. The van der Waals surface area contributed by atoms with Gasteiger partial charge >= 0.3 is 11.9 Å². The van der Waals surface area contributed by atoms with Crippen LogP contribution in [0.4, 0.5) is 0 Å². The first-order valence-electron chi connectivity index (χ1n) is 13.2. The Balaban J connectivity index is 1.54. The summed E-state index contributed by atoms with van der Waals surface area (Å²) in [6, 6.07) is 4.05. The molecule has 202 valence electrons. The molecule has 1 spiro atoms. The topological polar surface area (TPSA) is 104 Å². The second kappa shape index (κ2) is 9.83. The largest absolute Gasteiger partial charge is 0.497 e. The third-order valence-corrected chi connectivity index (χ3v) is 8.38. The fourth-order valence-electron chi connectivity index (χ4n) is 6.42. The van der Waals surface area contributed by atoms with Crippen LogP contribution in [-0.2, 0) is 30.2 Å². The van der Waals surface area contributed by atoms with E-state index in [-0.39, 0.29) is 30.6 Å². The molecule has 4 atom stereocenters. The zero-order valence-electron chi connectivity index (χ0n) is 22.1. The SMILES string of the molecule is COC(=O)C[C@@](O)(CCC(C)C)C(=O)OC1C(OC)=CC23CCCN2CCc2cc4c(cc2C13)OCO4. The predicted octanol–water partition coefficient (Wildman–Crippen LogP) is 3.08. The van der Waals surface area contributed by atoms with Gasteiger partial charge in [-0.1, -0.05) is 13.8 Å². The lowest BCUT2D eigenvalue weighted by Crippen LogP contribution is -2.49. The Kier molecular flexibility index (Phi) is 6.87. The van der Waals surface area contributed by atoms with Crippen LogP contribution in [0.2, 0.25) is 0 Å². The zero-order valence-corrected chi connectivity index (χ0v) is 22.1. The molecule has 0 amide bonds. The van der Waals surface area contributed by atoms with Gasteiger partial charge in [0.15, 0.2) is 23.2 Å². The molecule has 1 saturated heterocycles. The smallest absolute Gasteiger partial charge is 0.339 e. The molecule has 1 aromatic rings. The van der Waals surface area contributed by atoms with Gasteiger partial charge in [-0.3, -0.25) is 9.69 Å². The maximum absolute atomic E-state index is 13.7. The first-order chi connectivity index (χ1) is 17.7. The van der Waals surface area contributed by atoms with Crippen LogP contribution in [0, 0.1) is 5.92 Å². The summed E-state index contributed by atoms with van der Waals surface area (Å²) in [4.78, 5) is 28.3. The second-order valence-electron chi connectivity index (χ2n) is 11.0. The van der Waals surface area contributed by atoms with E-state index >= 15 is 0 Å². The van der Waals surface area contributed by atoms with E-state index in [0.29, 0.717) is 17.9 Å². The van der Waals surface area contributed by atoms with Crippen LogP contribution in [0.25, 0.3) is 0 Å². The van der Waals surface area contributed by atoms with Crippen LogP contribution in [0.3, 0.4) is 0 Å². The van der Waals surface area contributed by atoms with E-state index < -0.39 is 30.1 Å². The summed E-state index contributed by atoms with van der Waals surface area (Å²) in [7, 11) is 2.82. The normalized spacial score (nSPS) is 27.5. The van der Waals surface area contributed by atoms with E-state index in [2.05, 4.69) is 11.0 Å². The standard InChI is InChI=1S/C28H37NO8/c1-17(2)6-9-28(32,15-23(30)34-4)26(31)37-25-22(33-3)14-27-8-5-10-29(27)11-7-18-12-20-21(36-16-35-20)13-19(18)24(25)27/h12-14,17,24-25,32H,5-11,15-16H2,1-4H3/t24?,25?,27?,28-/m0/s1. The van der Waals surface area contributed by atoms with Crippen molar-refractivity contribution in [2.45, 2.75) is 75.5 Å². The van der Waals surface area contributed by atoms with Crippen molar-refractivity contribution in [2.24, 2.45) is 5.92 Å². The van der Waals surface area contributed by atoms with E-state index in [9.17, 15) is 14.7 Å². The number of aliphatic hydroxyl groups is 1. The quantitative estimate of drug-likeness (QED) is 0.523. The van der Waals surface area contributed by atoms with Crippen molar-refractivity contribution in [1.29, 1.82) is 0 Å². The minimum atomic E-state index is -2.00. The Morgan fingerprint density at radius 3 is 2.68 bits per heavy atom. The van der Waals surface area contributed by atoms with E-state index in [4.69, 9.17) is 23.7 Å². The molecule has 1 N–H and O–H groups in total. The number of hydrogen-bond donors (Lipinski definition) is 1. The van der Waals surface area contributed by atoms with Gasteiger partial charge in [0.25, 0.3) is 0 Å². The molecular formula is C28H37NO8. The Labute approximate surface area is 217 Å². The molecule has 4 aliphatic rings. The van der Waals surface area contributed by atoms with Crippen molar-refractivity contribution in [3.8, 4) is 11.5 Å². The molecule has 0 saturated carbocycles. The van der Waals surface area contributed by atoms with Gasteiger partial charge in [0.2, 0.25) is 6.79 Å². The number of carbonyl (C=O) groups excluding carboxylic acids is 2. The van der Waals surface area contributed by atoms with Crippen molar-refractivity contribution >= 4 is 11.9 Å². The van der Waals surface area contributed by atoms with Crippen molar-refractivity contribution in [3.05, 3.63) is 35.1 Å². The number of benzene rings is 1. The van der Waals surface area contributed by atoms with Crippen molar-refractivity contribution in [1.82, 2.24) is 4.90 Å². The Morgan fingerprint density at radius 2 is 1.97 bits per heavy atom. The third kappa shape index (κ3) is 4.46. The van der Waals surface area contributed by atoms with Crippen LogP contribution in [0.1, 0.15) is 63.0 Å². The molecule has 0 radical (unpaired) electrons. The van der Waals surface area contributed by atoms with Gasteiger partial charge < -0.3 is 28.8 Å². The average Bonchev–Trinajstić information content (AvgIpc) is 3.56. The average molecular weight is 516 g/mol. The van der Waals surface area contributed by atoms with Crippen LogP contribution < -0.4 is 9.47 Å². The molecule has 0 bridgehead atoms. The number of hydrogen-bond acceptors (Lipinski definition) is 9. The highest BCUT2D eigenvalue weighted by molar-refractivity contribution is 5.86. The van der Waals surface area contributed by atoms with Crippen LogP contribution in [0.15, 0.2) is 24.0 Å². The van der Waals surface area contributed by atoms with Gasteiger partial charge in [-0.2, -0.15) is 0 Å². The van der Waals surface area contributed by atoms with Crippen molar-refractivity contribution in [3.63, 3.8) is 0 Å². The molecule has 3 heterocycles. The van der Waals surface area contributed by atoms with E-state index in [1.807, 2.05) is 26.0 Å². The molecule has 0 aromatic heterocycles. The summed E-state index contributed by atoms with van der Waals surface area (Å²) in [6.07, 6.45) is 4.26. The number of carbonyl (C=O) groups is 2. The molecule has 37 heavy (non-hydrogen) atoms. The molecule has 1 aliphatic carbocycles. The van der Waals surface area contributed by atoms with Crippen LogP contribution in [0.5, 0.6) is 11.5 Å². The van der Waals surface area contributed by atoms with E-state index in [1.54, 1.807) is 7.11 Å². The number of esters is 2. The lowest BCUT2D eigenvalue weighted by atomic mass is 9.77. The van der Waals surface area contributed by atoms with Gasteiger partial charge in [0, 0.05) is 6.54 Å². The third-order valence-electron chi connectivity index (χ3n) is 8.38. The number of rotatable bonds is 8. The molecule has 1 fully saturated rings. The van der Waals surface area contributed by atoms with Crippen molar-refractivity contribution < 1.29 is 38.4 Å². The maximum atomic E-state index is 13.7. The highest BCUT2D eigenvalue weighted by Crippen LogP contribution is 2.55.